The number of amides is 1. The van der Waals surface area contributed by atoms with Crippen molar-refractivity contribution in [2.24, 2.45) is 5.92 Å². The molecule has 1 saturated heterocycles. The van der Waals surface area contributed by atoms with E-state index in [0.29, 0.717) is 22.7 Å². The smallest absolute Gasteiger partial charge is 0.297 e. The molecule has 0 spiro atoms. The van der Waals surface area contributed by atoms with Crippen LogP contribution in [-0.4, -0.2) is 32.8 Å². The molecule has 0 bridgehead atoms. The first-order valence-corrected chi connectivity index (χ1v) is 10.4. The normalized spacial score (nSPS) is 18.4. The molecule has 1 N–H and O–H groups in total. The van der Waals surface area contributed by atoms with Gasteiger partial charge >= 0.3 is 0 Å². The summed E-state index contributed by atoms with van der Waals surface area (Å²) in [5, 5.41) is 17.8. The number of phenols is 1. The second-order valence-electron chi connectivity index (χ2n) is 8.23. The summed E-state index contributed by atoms with van der Waals surface area (Å²) in [7, 11) is 0. The molecule has 1 amide bonds. The maximum absolute atomic E-state index is 13.5. The third-order valence-electron chi connectivity index (χ3n) is 5.72. The van der Waals surface area contributed by atoms with E-state index in [9.17, 15) is 19.5 Å². The van der Waals surface area contributed by atoms with Gasteiger partial charge < -0.3 is 5.11 Å². The monoisotopic (exact) mass is 429 g/mol. The van der Waals surface area contributed by atoms with Crippen molar-refractivity contribution in [2.45, 2.75) is 32.7 Å². The Morgan fingerprint density at radius 2 is 1.59 bits per heavy atom. The van der Waals surface area contributed by atoms with Gasteiger partial charge in [0.2, 0.25) is 5.78 Å². The lowest BCUT2D eigenvalue weighted by molar-refractivity contribution is -0.135. The average molecular weight is 429 g/mol. The van der Waals surface area contributed by atoms with Gasteiger partial charge in [-0.05, 0) is 48.2 Å². The Hall–Kier alpha value is -3.87. The van der Waals surface area contributed by atoms with Crippen molar-refractivity contribution in [3.8, 4) is 5.75 Å². The molecule has 7 heteroatoms. The van der Waals surface area contributed by atoms with Gasteiger partial charge in [0, 0.05) is 5.56 Å². The summed E-state index contributed by atoms with van der Waals surface area (Å²) < 4.78 is 0. The van der Waals surface area contributed by atoms with Crippen molar-refractivity contribution < 1.29 is 19.5 Å². The summed E-state index contributed by atoms with van der Waals surface area (Å²) in [6.45, 7) is 5.87. The SMILES string of the molecule is Cc1ccc(N2C(=O)C(=O)C(C(=O)c3ccc(C(C)C)cc3)C2c2ccc(O)cc2)nn1. The van der Waals surface area contributed by atoms with Gasteiger partial charge in [-0.2, -0.15) is 5.10 Å². The fraction of sp³-hybridized carbons (Fsp3) is 0.240. The zero-order chi connectivity index (χ0) is 23.0. The Morgan fingerprint density at radius 1 is 0.938 bits per heavy atom. The lowest BCUT2D eigenvalue weighted by atomic mass is 9.86. The molecule has 0 aliphatic carbocycles. The second-order valence-corrected chi connectivity index (χ2v) is 8.23. The molecule has 0 radical (unpaired) electrons. The van der Waals surface area contributed by atoms with Gasteiger partial charge in [0.15, 0.2) is 11.6 Å². The second kappa shape index (κ2) is 8.34. The molecule has 4 rings (SSSR count). The number of carbonyl (C=O) groups is 3. The molecular weight excluding hydrogens is 406 g/mol. The van der Waals surface area contributed by atoms with Crippen LogP contribution in [0.5, 0.6) is 5.75 Å². The number of aromatic hydroxyl groups is 1. The van der Waals surface area contributed by atoms with Gasteiger partial charge in [0.1, 0.15) is 11.7 Å². The molecule has 2 unspecified atom stereocenters. The van der Waals surface area contributed by atoms with E-state index in [1.807, 2.05) is 12.1 Å². The highest BCUT2D eigenvalue weighted by Gasteiger charge is 2.52. The van der Waals surface area contributed by atoms with E-state index in [0.717, 1.165) is 5.56 Å². The maximum Gasteiger partial charge on any atom is 0.297 e. The Bertz CT molecular complexity index is 1170. The van der Waals surface area contributed by atoms with Crippen LogP contribution in [-0.2, 0) is 9.59 Å². The fourth-order valence-electron chi connectivity index (χ4n) is 3.92. The summed E-state index contributed by atoms with van der Waals surface area (Å²) in [6.07, 6.45) is 0. The number of carbonyl (C=O) groups excluding carboxylic acids is 3. The highest BCUT2D eigenvalue weighted by atomic mass is 16.3. The van der Waals surface area contributed by atoms with Crippen LogP contribution in [0.3, 0.4) is 0 Å². The highest BCUT2D eigenvalue weighted by molar-refractivity contribution is 6.48. The molecule has 1 aliphatic heterocycles. The van der Waals surface area contributed by atoms with Crippen LogP contribution >= 0.6 is 0 Å². The number of phenolic OH excluding ortho intramolecular Hbond substituents is 1. The van der Waals surface area contributed by atoms with Crippen LogP contribution < -0.4 is 4.90 Å². The van der Waals surface area contributed by atoms with Crippen LogP contribution in [0.1, 0.15) is 53.0 Å². The molecule has 2 aromatic carbocycles. The molecule has 0 saturated carbocycles. The van der Waals surface area contributed by atoms with Gasteiger partial charge in [-0.3, -0.25) is 19.3 Å². The summed E-state index contributed by atoms with van der Waals surface area (Å²) in [5.41, 5.74) is 2.63. The molecule has 2 atom stereocenters. The Morgan fingerprint density at radius 3 is 2.16 bits per heavy atom. The number of hydrogen-bond acceptors (Lipinski definition) is 6. The Labute approximate surface area is 185 Å². The minimum atomic E-state index is -1.24. The maximum atomic E-state index is 13.5. The molecule has 1 aliphatic rings. The number of rotatable bonds is 5. The number of anilines is 1. The standard InChI is InChI=1S/C25H23N3O4/c1-14(2)16-5-7-18(8-6-16)23(30)21-22(17-9-11-19(29)12-10-17)28(25(32)24(21)31)20-13-4-15(3)26-27-20/h4-14,21-22,29H,1-3H3. The van der Waals surface area contributed by atoms with E-state index in [2.05, 4.69) is 24.0 Å². The first kappa shape index (κ1) is 21.4. The Kier molecular flexibility index (Phi) is 5.57. The van der Waals surface area contributed by atoms with E-state index in [4.69, 9.17) is 0 Å². The topological polar surface area (TPSA) is 100 Å². The molecule has 1 aromatic heterocycles. The molecule has 162 valence electrons. The minimum absolute atomic E-state index is 0.0400. The van der Waals surface area contributed by atoms with Gasteiger partial charge in [0.05, 0.1) is 11.7 Å². The van der Waals surface area contributed by atoms with Crippen LogP contribution in [0.4, 0.5) is 5.82 Å². The first-order valence-electron chi connectivity index (χ1n) is 10.4. The van der Waals surface area contributed by atoms with Crippen molar-refractivity contribution in [1.29, 1.82) is 0 Å². The van der Waals surface area contributed by atoms with E-state index in [1.165, 1.54) is 17.0 Å². The van der Waals surface area contributed by atoms with Crippen LogP contribution in [0.15, 0.2) is 60.7 Å². The lowest BCUT2D eigenvalue weighted by Crippen LogP contribution is -2.31. The third kappa shape index (κ3) is 3.77. The summed E-state index contributed by atoms with van der Waals surface area (Å²) in [4.78, 5) is 40.8. The summed E-state index contributed by atoms with van der Waals surface area (Å²) in [6, 6.07) is 15.6. The van der Waals surface area contributed by atoms with Gasteiger partial charge in [-0.1, -0.05) is 50.2 Å². The van der Waals surface area contributed by atoms with Gasteiger partial charge in [-0.15, -0.1) is 5.10 Å². The van der Waals surface area contributed by atoms with Gasteiger partial charge in [0.25, 0.3) is 5.91 Å². The zero-order valence-corrected chi connectivity index (χ0v) is 18.0. The highest BCUT2D eigenvalue weighted by Crippen LogP contribution is 2.40. The van der Waals surface area contributed by atoms with Crippen LogP contribution in [0.2, 0.25) is 0 Å². The van der Waals surface area contributed by atoms with Crippen molar-refractivity contribution in [2.75, 3.05) is 4.90 Å². The zero-order valence-electron chi connectivity index (χ0n) is 18.0. The Balaban J connectivity index is 1.81. The number of aromatic nitrogens is 2. The van der Waals surface area contributed by atoms with Crippen LogP contribution in [0.25, 0.3) is 0 Å². The molecular formula is C25H23N3O4. The van der Waals surface area contributed by atoms with Gasteiger partial charge in [-0.25, -0.2) is 0 Å². The molecule has 1 fully saturated rings. The summed E-state index contributed by atoms with van der Waals surface area (Å²) >= 11 is 0. The average Bonchev–Trinajstić information content (AvgIpc) is 3.05. The predicted molar refractivity (Wildman–Crippen MR) is 118 cm³/mol. The van der Waals surface area contributed by atoms with E-state index < -0.39 is 29.4 Å². The number of hydrogen-bond donors (Lipinski definition) is 1. The van der Waals surface area contributed by atoms with Crippen molar-refractivity contribution in [1.82, 2.24) is 10.2 Å². The number of Topliss-reactive ketones (excluding diaryl/α,β-unsaturated/α-hetero) is 2. The first-order chi connectivity index (χ1) is 15.3. The number of ketones is 2. The lowest BCUT2D eigenvalue weighted by Gasteiger charge is -2.26. The van der Waals surface area contributed by atoms with Crippen molar-refractivity contribution in [3.63, 3.8) is 0 Å². The summed E-state index contributed by atoms with van der Waals surface area (Å²) in [5.74, 6) is -2.73. The molecule has 32 heavy (non-hydrogen) atoms. The number of aryl methyl sites for hydroxylation is 1. The van der Waals surface area contributed by atoms with Crippen LogP contribution in [0, 0.1) is 12.8 Å². The largest absolute Gasteiger partial charge is 0.508 e. The minimum Gasteiger partial charge on any atom is -0.508 e. The third-order valence-corrected chi connectivity index (χ3v) is 5.72. The molecule has 2 heterocycles. The fourth-order valence-corrected chi connectivity index (χ4v) is 3.92. The molecule has 7 nitrogen and oxygen atoms in total. The van der Waals surface area contributed by atoms with Crippen molar-refractivity contribution >= 4 is 23.3 Å². The quantitative estimate of drug-likeness (QED) is 0.376. The van der Waals surface area contributed by atoms with E-state index in [1.54, 1.807) is 43.3 Å². The predicted octanol–water partition coefficient (Wildman–Crippen LogP) is 3.77. The van der Waals surface area contributed by atoms with E-state index in [-0.39, 0.29) is 11.6 Å². The van der Waals surface area contributed by atoms with Crippen molar-refractivity contribution in [3.05, 3.63) is 83.0 Å². The molecule has 3 aromatic rings. The number of nitrogens with zero attached hydrogens (tertiary/aromatic N) is 3. The number of benzene rings is 2. The van der Waals surface area contributed by atoms with E-state index >= 15 is 0 Å².